The second-order valence-electron chi connectivity index (χ2n) is 4.24. The van der Waals surface area contributed by atoms with Crippen LogP contribution in [0.25, 0.3) is 0 Å². The Morgan fingerprint density at radius 1 is 1.47 bits per heavy atom. The Balaban J connectivity index is 2.62. The molecule has 1 rings (SSSR count). The third kappa shape index (κ3) is 4.52. The predicted molar refractivity (Wildman–Crippen MR) is 69.2 cm³/mol. The fourth-order valence-electron chi connectivity index (χ4n) is 1.60. The van der Waals surface area contributed by atoms with Gasteiger partial charge in [0, 0.05) is 17.5 Å². The van der Waals surface area contributed by atoms with Gasteiger partial charge in [-0.1, -0.05) is 12.1 Å². The van der Waals surface area contributed by atoms with Gasteiger partial charge >= 0.3 is 0 Å². The number of alkyl halides is 1. The van der Waals surface area contributed by atoms with E-state index in [9.17, 15) is 4.39 Å². The second kappa shape index (κ2) is 6.82. The first-order valence-corrected chi connectivity index (χ1v) is 6.12. The molecule has 0 aliphatic heterocycles. The summed E-state index contributed by atoms with van der Waals surface area (Å²) < 4.78 is 18.8. The number of halogens is 2. The van der Waals surface area contributed by atoms with E-state index in [0.717, 1.165) is 13.0 Å². The van der Waals surface area contributed by atoms with E-state index < -0.39 is 0 Å². The lowest BCUT2D eigenvalue weighted by Gasteiger charge is -2.18. The van der Waals surface area contributed by atoms with Crippen molar-refractivity contribution >= 4 is 11.6 Å². The number of rotatable bonds is 6. The summed E-state index contributed by atoms with van der Waals surface area (Å²) in [5.41, 5.74) is 0.647. The fourth-order valence-corrected chi connectivity index (χ4v) is 1.70. The minimum atomic E-state index is -0.277. The first-order valence-electron chi connectivity index (χ1n) is 5.68. The molecule has 0 spiro atoms. The number of hydrogen-bond acceptors (Lipinski definition) is 2. The van der Waals surface area contributed by atoms with E-state index in [0.29, 0.717) is 17.9 Å². The van der Waals surface area contributed by atoms with Gasteiger partial charge in [0.25, 0.3) is 0 Å². The SMILES string of the molecule is COc1cccc(CN(C)CCC(C)Cl)c1F. The van der Waals surface area contributed by atoms with Crippen LogP contribution in [0.2, 0.25) is 0 Å². The largest absolute Gasteiger partial charge is 0.494 e. The van der Waals surface area contributed by atoms with Crippen LogP contribution in [0.15, 0.2) is 18.2 Å². The summed E-state index contributed by atoms with van der Waals surface area (Å²) in [6.45, 7) is 3.37. The Kier molecular flexibility index (Phi) is 5.72. The first kappa shape index (κ1) is 14.3. The molecule has 4 heteroatoms. The van der Waals surface area contributed by atoms with Crippen molar-refractivity contribution in [1.82, 2.24) is 4.90 Å². The van der Waals surface area contributed by atoms with Gasteiger partial charge in [0.15, 0.2) is 11.6 Å². The van der Waals surface area contributed by atoms with Crippen LogP contribution in [0.3, 0.4) is 0 Å². The molecule has 1 aromatic carbocycles. The highest BCUT2D eigenvalue weighted by Crippen LogP contribution is 2.21. The van der Waals surface area contributed by atoms with Crippen LogP contribution in [0, 0.1) is 5.82 Å². The molecule has 0 saturated heterocycles. The maximum Gasteiger partial charge on any atom is 0.169 e. The minimum Gasteiger partial charge on any atom is -0.494 e. The topological polar surface area (TPSA) is 12.5 Å². The van der Waals surface area contributed by atoms with Crippen LogP contribution in [0.5, 0.6) is 5.75 Å². The third-order valence-electron chi connectivity index (χ3n) is 2.61. The molecule has 1 atom stereocenters. The zero-order valence-corrected chi connectivity index (χ0v) is 11.3. The lowest BCUT2D eigenvalue weighted by Crippen LogP contribution is -2.21. The van der Waals surface area contributed by atoms with Crippen LogP contribution in [0.4, 0.5) is 4.39 Å². The van der Waals surface area contributed by atoms with E-state index in [2.05, 4.69) is 4.90 Å². The van der Waals surface area contributed by atoms with Gasteiger partial charge in [-0.2, -0.15) is 0 Å². The molecule has 0 aromatic heterocycles. The summed E-state index contributed by atoms with van der Waals surface area (Å²) in [4.78, 5) is 2.05. The summed E-state index contributed by atoms with van der Waals surface area (Å²) >= 11 is 5.88. The van der Waals surface area contributed by atoms with Crippen molar-refractivity contribution in [2.75, 3.05) is 20.7 Å². The zero-order valence-electron chi connectivity index (χ0n) is 10.5. The molecule has 96 valence electrons. The maximum atomic E-state index is 13.9. The number of benzene rings is 1. The van der Waals surface area contributed by atoms with Crippen molar-refractivity contribution in [2.24, 2.45) is 0 Å². The van der Waals surface area contributed by atoms with Crippen molar-refractivity contribution in [3.8, 4) is 5.75 Å². The maximum absolute atomic E-state index is 13.9. The number of hydrogen-bond donors (Lipinski definition) is 0. The van der Waals surface area contributed by atoms with E-state index in [-0.39, 0.29) is 11.2 Å². The lowest BCUT2D eigenvalue weighted by atomic mass is 10.2. The molecule has 0 saturated carbocycles. The average molecular weight is 260 g/mol. The van der Waals surface area contributed by atoms with Crippen molar-refractivity contribution in [2.45, 2.75) is 25.3 Å². The van der Waals surface area contributed by atoms with E-state index in [1.54, 1.807) is 18.2 Å². The molecule has 1 aromatic rings. The van der Waals surface area contributed by atoms with Gasteiger partial charge in [-0.3, -0.25) is 0 Å². The standard InChI is InChI=1S/C13H19ClFNO/c1-10(14)7-8-16(2)9-11-5-4-6-12(17-3)13(11)15/h4-6,10H,7-9H2,1-3H3. The molecule has 0 N–H and O–H groups in total. The van der Waals surface area contributed by atoms with Crippen LogP contribution in [0.1, 0.15) is 18.9 Å². The highest BCUT2D eigenvalue weighted by molar-refractivity contribution is 6.20. The summed E-state index contributed by atoms with van der Waals surface area (Å²) in [5.74, 6) is 0.0161. The average Bonchev–Trinajstić information content (AvgIpc) is 2.29. The predicted octanol–water partition coefficient (Wildman–Crippen LogP) is 3.28. The quantitative estimate of drug-likeness (QED) is 0.727. The van der Waals surface area contributed by atoms with Crippen molar-refractivity contribution < 1.29 is 9.13 Å². The number of methoxy groups -OCH3 is 1. The minimum absolute atomic E-state index is 0.146. The van der Waals surface area contributed by atoms with E-state index in [1.807, 2.05) is 14.0 Å². The Morgan fingerprint density at radius 3 is 2.76 bits per heavy atom. The van der Waals surface area contributed by atoms with Gasteiger partial charge in [0.2, 0.25) is 0 Å². The van der Waals surface area contributed by atoms with E-state index in [1.165, 1.54) is 7.11 Å². The lowest BCUT2D eigenvalue weighted by molar-refractivity contribution is 0.312. The summed E-state index contributed by atoms with van der Waals surface area (Å²) in [5, 5.41) is 0.146. The number of nitrogens with zero attached hydrogens (tertiary/aromatic N) is 1. The molecule has 0 fully saturated rings. The summed E-state index contributed by atoms with van der Waals surface area (Å²) in [6.07, 6.45) is 0.893. The van der Waals surface area contributed by atoms with Crippen molar-refractivity contribution in [1.29, 1.82) is 0 Å². The van der Waals surface area contributed by atoms with Crippen LogP contribution < -0.4 is 4.74 Å². The smallest absolute Gasteiger partial charge is 0.169 e. The first-order chi connectivity index (χ1) is 8.04. The fraction of sp³-hybridized carbons (Fsp3) is 0.538. The van der Waals surface area contributed by atoms with E-state index >= 15 is 0 Å². The van der Waals surface area contributed by atoms with E-state index in [4.69, 9.17) is 16.3 Å². The Bertz CT molecular complexity index is 357. The van der Waals surface area contributed by atoms with Gasteiger partial charge in [-0.05, 0) is 33.0 Å². The highest BCUT2D eigenvalue weighted by atomic mass is 35.5. The molecule has 2 nitrogen and oxygen atoms in total. The molecule has 0 aliphatic carbocycles. The molecule has 0 amide bonds. The highest BCUT2D eigenvalue weighted by Gasteiger charge is 2.10. The molecular weight excluding hydrogens is 241 g/mol. The van der Waals surface area contributed by atoms with Gasteiger partial charge < -0.3 is 9.64 Å². The van der Waals surface area contributed by atoms with Gasteiger partial charge in [-0.15, -0.1) is 11.6 Å². The van der Waals surface area contributed by atoms with Gasteiger partial charge in [0.1, 0.15) is 0 Å². The molecular formula is C13H19ClFNO. The normalized spacial score (nSPS) is 12.8. The van der Waals surface area contributed by atoms with Crippen LogP contribution in [-0.2, 0) is 6.54 Å². The van der Waals surface area contributed by atoms with Crippen LogP contribution >= 0.6 is 11.6 Å². The van der Waals surface area contributed by atoms with Gasteiger partial charge in [0.05, 0.1) is 7.11 Å². The third-order valence-corrected chi connectivity index (χ3v) is 2.83. The molecule has 0 aliphatic rings. The zero-order chi connectivity index (χ0) is 12.8. The summed E-state index contributed by atoms with van der Waals surface area (Å²) in [6, 6.07) is 5.20. The van der Waals surface area contributed by atoms with Gasteiger partial charge in [-0.25, -0.2) is 4.39 Å². The Hall–Kier alpha value is -0.800. The number of ether oxygens (including phenoxy) is 1. The molecule has 0 bridgehead atoms. The molecule has 0 radical (unpaired) electrons. The molecule has 17 heavy (non-hydrogen) atoms. The Labute approximate surface area is 107 Å². The van der Waals surface area contributed by atoms with Crippen LogP contribution in [-0.4, -0.2) is 31.0 Å². The second-order valence-corrected chi connectivity index (χ2v) is 4.99. The monoisotopic (exact) mass is 259 g/mol. The Morgan fingerprint density at radius 2 is 2.18 bits per heavy atom. The molecule has 0 heterocycles. The van der Waals surface area contributed by atoms with Crippen molar-refractivity contribution in [3.63, 3.8) is 0 Å². The summed E-state index contributed by atoms with van der Waals surface area (Å²) in [7, 11) is 3.43. The van der Waals surface area contributed by atoms with Crippen molar-refractivity contribution in [3.05, 3.63) is 29.6 Å². The molecule has 1 unspecified atom stereocenters.